The van der Waals surface area contributed by atoms with Gasteiger partial charge in [-0.1, -0.05) is 34.6 Å². The summed E-state index contributed by atoms with van der Waals surface area (Å²) in [7, 11) is 0. The highest BCUT2D eigenvalue weighted by Gasteiger charge is 2.50. The predicted octanol–water partition coefficient (Wildman–Crippen LogP) is 3.39. The first-order valence-corrected chi connectivity index (χ1v) is 8.39. The molecule has 1 aliphatic heterocycles. The Bertz CT molecular complexity index is 358. The van der Waals surface area contributed by atoms with Crippen LogP contribution in [-0.4, -0.2) is 28.6 Å². The van der Waals surface area contributed by atoms with Crippen LogP contribution in [0.5, 0.6) is 0 Å². The van der Waals surface area contributed by atoms with E-state index in [2.05, 4.69) is 51.8 Å². The van der Waals surface area contributed by atoms with Crippen LogP contribution >= 0.6 is 0 Å². The van der Waals surface area contributed by atoms with E-state index in [4.69, 9.17) is 0 Å². The van der Waals surface area contributed by atoms with Crippen molar-refractivity contribution in [3.8, 4) is 0 Å². The second-order valence-electron chi connectivity index (χ2n) is 7.80. The highest BCUT2D eigenvalue weighted by molar-refractivity contribution is 5.88. The molecule has 4 atom stereocenters. The molecule has 3 nitrogen and oxygen atoms in total. The van der Waals surface area contributed by atoms with E-state index in [0.29, 0.717) is 17.9 Å². The first-order chi connectivity index (χ1) is 9.28. The van der Waals surface area contributed by atoms with Crippen molar-refractivity contribution < 1.29 is 4.79 Å². The van der Waals surface area contributed by atoms with E-state index in [9.17, 15) is 4.79 Å². The van der Waals surface area contributed by atoms with Crippen LogP contribution < -0.4 is 5.32 Å². The predicted molar refractivity (Wildman–Crippen MR) is 83.3 cm³/mol. The fourth-order valence-electron chi connectivity index (χ4n) is 4.13. The maximum absolute atomic E-state index is 12.9. The van der Waals surface area contributed by atoms with Gasteiger partial charge >= 0.3 is 0 Å². The number of nitrogens with zero attached hydrogens (tertiary/aromatic N) is 1. The Labute approximate surface area is 124 Å². The largest absolute Gasteiger partial charge is 0.322 e. The zero-order valence-electron chi connectivity index (χ0n) is 14.1. The Morgan fingerprint density at radius 2 is 1.80 bits per heavy atom. The molecule has 3 heteroatoms. The lowest BCUT2D eigenvalue weighted by molar-refractivity contribution is -0.137. The molecule has 1 aliphatic carbocycles. The van der Waals surface area contributed by atoms with Gasteiger partial charge in [-0.05, 0) is 50.4 Å². The summed E-state index contributed by atoms with van der Waals surface area (Å²) in [5, 5.41) is 3.62. The maximum Gasteiger partial charge on any atom is 0.244 e. The van der Waals surface area contributed by atoms with Crippen molar-refractivity contribution in [3.05, 3.63) is 0 Å². The topological polar surface area (TPSA) is 32.3 Å². The van der Waals surface area contributed by atoms with E-state index in [0.717, 1.165) is 18.3 Å². The minimum absolute atomic E-state index is 0.204. The number of carbonyl (C=O) groups is 1. The molecule has 1 saturated heterocycles. The Kier molecular flexibility index (Phi) is 4.48. The van der Waals surface area contributed by atoms with Gasteiger partial charge in [0.25, 0.3) is 0 Å². The fraction of sp³-hybridized carbons (Fsp3) is 0.941. The summed E-state index contributed by atoms with van der Waals surface area (Å²) in [6, 6.07) is 0.425. The quantitative estimate of drug-likeness (QED) is 0.859. The summed E-state index contributed by atoms with van der Waals surface area (Å²) in [4.78, 5) is 15.2. The highest BCUT2D eigenvalue weighted by atomic mass is 16.2. The molecule has 20 heavy (non-hydrogen) atoms. The van der Waals surface area contributed by atoms with Crippen LogP contribution in [0.2, 0.25) is 0 Å². The van der Waals surface area contributed by atoms with E-state index < -0.39 is 0 Å². The molecule has 116 valence electrons. The Morgan fingerprint density at radius 1 is 1.25 bits per heavy atom. The molecule has 1 amide bonds. The molecule has 0 aromatic heterocycles. The summed E-state index contributed by atoms with van der Waals surface area (Å²) in [5.74, 6) is 2.25. The van der Waals surface area contributed by atoms with Crippen molar-refractivity contribution in [3.63, 3.8) is 0 Å². The Hall–Kier alpha value is -0.570. The number of hydrogen-bond acceptors (Lipinski definition) is 2. The molecule has 2 aliphatic rings. The van der Waals surface area contributed by atoms with Gasteiger partial charge in [-0.3, -0.25) is 10.1 Å². The average molecular weight is 280 g/mol. The number of hydrogen-bond donors (Lipinski definition) is 1. The lowest BCUT2D eigenvalue weighted by Gasteiger charge is -2.41. The van der Waals surface area contributed by atoms with E-state index in [1.54, 1.807) is 0 Å². The van der Waals surface area contributed by atoms with Crippen molar-refractivity contribution in [2.75, 3.05) is 0 Å². The van der Waals surface area contributed by atoms with Crippen LogP contribution in [0.1, 0.15) is 67.2 Å². The lowest BCUT2D eigenvalue weighted by atomic mass is 9.79. The van der Waals surface area contributed by atoms with Crippen molar-refractivity contribution >= 4 is 5.91 Å². The van der Waals surface area contributed by atoms with Gasteiger partial charge in [0.05, 0.1) is 11.7 Å². The molecule has 0 spiro atoms. The molecule has 1 saturated carbocycles. The zero-order chi connectivity index (χ0) is 15.1. The van der Waals surface area contributed by atoms with Gasteiger partial charge in [0.1, 0.15) is 0 Å². The van der Waals surface area contributed by atoms with Gasteiger partial charge in [0.2, 0.25) is 5.91 Å². The molecular formula is C17H32N2O. The number of amides is 1. The third-order valence-electron chi connectivity index (χ3n) is 5.36. The molecule has 2 rings (SSSR count). The van der Waals surface area contributed by atoms with Gasteiger partial charge < -0.3 is 4.90 Å². The molecule has 0 aromatic rings. The monoisotopic (exact) mass is 280 g/mol. The first kappa shape index (κ1) is 15.8. The van der Waals surface area contributed by atoms with Crippen molar-refractivity contribution in [2.45, 2.75) is 85.0 Å². The molecule has 0 bridgehead atoms. The lowest BCUT2D eigenvalue weighted by Crippen LogP contribution is -2.49. The van der Waals surface area contributed by atoms with Crippen molar-refractivity contribution in [1.29, 1.82) is 0 Å². The van der Waals surface area contributed by atoms with Crippen LogP contribution in [0, 0.1) is 17.8 Å². The van der Waals surface area contributed by atoms with Gasteiger partial charge in [-0.25, -0.2) is 0 Å². The number of carbonyl (C=O) groups excluding carboxylic acids is 1. The van der Waals surface area contributed by atoms with Crippen molar-refractivity contribution in [1.82, 2.24) is 10.2 Å². The normalized spacial score (nSPS) is 42.5. The van der Waals surface area contributed by atoms with E-state index in [1.165, 1.54) is 19.3 Å². The van der Waals surface area contributed by atoms with Gasteiger partial charge in [-0.2, -0.15) is 0 Å². The standard InChI is InChI=1S/C17H32N2O/c1-7-17(6)16(20)19(15(18-17)11(2)3)14-9-12(4)8-13(5)10-14/h11-15,18H,7-10H2,1-6H3. The molecule has 0 aromatic carbocycles. The minimum atomic E-state index is -0.362. The molecule has 0 radical (unpaired) electrons. The molecule has 1 N–H and O–H groups in total. The van der Waals surface area contributed by atoms with E-state index in [-0.39, 0.29) is 11.7 Å². The number of rotatable bonds is 3. The first-order valence-electron chi connectivity index (χ1n) is 8.39. The third-order valence-corrected chi connectivity index (χ3v) is 5.36. The zero-order valence-corrected chi connectivity index (χ0v) is 14.1. The van der Waals surface area contributed by atoms with Crippen LogP contribution in [0.4, 0.5) is 0 Å². The smallest absolute Gasteiger partial charge is 0.244 e. The summed E-state index contributed by atoms with van der Waals surface area (Å²) in [6.07, 6.45) is 4.71. The molecule has 1 heterocycles. The Morgan fingerprint density at radius 3 is 2.25 bits per heavy atom. The van der Waals surface area contributed by atoms with Gasteiger partial charge in [-0.15, -0.1) is 0 Å². The van der Waals surface area contributed by atoms with Crippen molar-refractivity contribution in [2.24, 2.45) is 17.8 Å². The average Bonchev–Trinajstić information content (AvgIpc) is 2.62. The summed E-state index contributed by atoms with van der Waals surface area (Å²) < 4.78 is 0. The second-order valence-corrected chi connectivity index (χ2v) is 7.80. The molecular weight excluding hydrogens is 248 g/mol. The molecule has 4 unspecified atom stereocenters. The van der Waals surface area contributed by atoms with E-state index in [1.807, 2.05) is 0 Å². The fourth-order valence-corrected chi connectivity index (χ4v) is 4.13. The number of nitrogens with one attached hydrogen (secondary N) is 1. The minimum Gasteiger partial charge on any atom is -0.322 e. The van der Waals surface area contributed by atoms with Gasteiger partial charge in [0.15, 0.2) is 0 Å². The summed E-state index contributed by atoms with van der Waals surface area (Å²) in [6.45, 7) is 13.3. The highest BCUT2D eigenvalue weighted by Crippen LogP contribution is 2.37. The van der Waals surface area contributed by atoms with Crippen LogP contribution in [-0.2, 0) is 4.79 Å². The summed E-state index contributed by atoms with van der Waals surface area (Å²) >= 11 is 0. The Balaban J connectivity index is 2.24. The van der Waals surface area contributed by atoms with Crippen LogP contribution in [0.3, 0.4) is 0 Å². The van der Waals surface area contributed by atoms with Gasteiger partial charge in [0, 0.05) is 6.04 Å². The van der Waals surface area contributed by atoms with E-state index >= 15 is 0 Å². The molecule has 2 fully saturated rings. The summed E-state index contributed by atoms with van der Waals surface area (Å²) in [5.41, 5.74) is -0.362. The van der Waals surface area contributed by atoms with Crippen LogP contribution in [0.25, 0.3) is 0 Å². The maximum atomic E-state index is 12.9. The second kappa shape index (κ2) is 5.67. The van der Waals surface area contributed by atoms with Crippen LogP contribution in [0.15, 0.2) is 0 Å². The SMILES string of the molecule is CCC1(C)NC(C(C)C)N(C2CC(C)CC(C)C2)C1=O. The third kappa shape index (κ3) is 2.74.